The van der Waals surface area contributed by atoms with Gasteiger partial charge in [0.05, 0.1) is 18.2 Å². The lowest BCUT2D eigenvalue weighted by Crippen LogP contribution is -2.43. The number of hydrogen-bond donors (Lipinski definition) is 1. The zero-order valence-electron chi connectivity index (χ0n) is 10.2. The molecule has 1 aromatic rings. The first kappa shape index (κ1) is 12.1. The lowest BCUT2D eigenvalue weighted by atomic mass is 10.1. The molecule has 0 spiro atoms. The molecule has 0 saturated heterocycles. The van der Waals surface area contributed by atoms with Gasteiger partial charge in [-0.3, -0.25) is 9.79 Å². The summed E-state index contributed by atoms with van der Waals surface area (Å²) < 4.78 is 5.41. The van der Waals surface area contributed by atoms with Gasteiger partial charge in [-0.25, -0.2) is 0 Å². The van der Waals surface area contributed by atoms with Gasteiger partial charge >= 0.3 is 0 Å². The summed E-state index contributed by atoms with van der Waals surface area (Å²) in [6, 6.07) is 8.68. The number of hydrogen-bond acceptors (Lipinski definition) is 4. The third-order valence-corrected chi connectivity index (χ3v) is 2.73. The largest absolute Gasteiger partial charge is 0.463 e. The van der Waals surface area contributed by atoms with Gasteiger partial charge in [-0.05, 0) is 31.2 Å². The fourth-order valence-electron chi connectivity index (χ4n) is 1.66. The topological polar surface area (TPSA) is 74.5 Å². The Morgan fingerprint density at radius 1 is 1.50 bits per heavy atom. The van der Waals surface area contributed by atoms with Crippen LogP contribution in [0.3, 0.4) is 0 Å². The van der Waals surface area contributed by atoms with Gasteiger partial charge in [0.25, 0.3) is 5.91 Å². The second-order valence-electron chi connectivity index (χ2n) is 4.31. The summed E-state index contributed by atoms with van der Waals surface area (Å²) in [5.41, 5.74) is 0.238. The first-order chi connectivity index (χ1) is 8.53. The number of anilines is 1. The highest BCUT2D eigenvalue weighted by molar-refractivity contribution is 5.99. The van der Waals surface area contributed by atoms with Crippen LogP contribution in [-0.2, 0) is 9.53 Å². The first-order valence-corrected chi connectivity index (χ1v) is 5.55. The average molecular weight is 243 g/mol. The monoisotopic (exact) mass is 243 g/mol. The molecule has 5 heteroatoms. The van der Waals surface area contributed by atoms with E-state index in [4.69, 9.17) is 10.00 Å². The van der Waals surface area contributed by atoms with Crippen molar-refractivity contribution in [2.75, 3.05) is 11.9 Å². The van der Waals surface area contributed by atoms with Crippen molar-refractivity contribution in [2.45, 2.75) is 19.4 Å². The number of nitrogens with one attached hydrogen (secondary N) is 1. The maximum Gasteiger partial charge on any atom is 0.270 e. The van der Waals surface area contributed by atoms with E-state index in [9.17, 15) is 4.79 Å². The molecule has 0 saturated carbocycles. The SMILES string of the molecule is CC1=NCC(C)(C(=O)Nc2ccc(C#N)cc2)O1. The van der Waals surface area contributed by atoms with Gasteiger partial charge < -0.3 is 10.1 Å². The molecule has 1 N–H and O–H groups in total. The van der Waals surface area contributed by atoms with Gasteiger partial charge in [-0.15, -0.1) is 0 Å². The van der Waals surface area contributed by atoms with E-state index in [1.54, 1.807) is 38.1 Å². The Morgan fingerprint density at radius 3 is 2.67 bits per heavy atom. The minimum Gasteiger partial charge on any atom is -0.463 e. The Hall–Kier alpha value is -2.35. The molecule has 5 nitrogen and oxygen atoms in total. The number of amides is 1. The molecular weight excluding hydrogens is 230 g/mol. The van der Waals surface area contributed by atoms with Crippen LogP contribution in [0, 0.1) is 11.3 Å². The number of rotatable bonds is 2. The normalized spacial score (nSPS) is 21.7. The van der Waals surface area contributed by atoms with Crippen LogP contribution in [0.25, 0.3) is 0 Å². The standard InChI is InChI=1S/C13H13N3O2/c1-9-15-8-13(2,18-9)12(17)16-11-5-3-10(7-14)4-6-11/h3-6H,8H2,1-2H3,(H,16,17). The van der Waals surface area contributed by atoms with E-state index < -0.39 is 5.60 Å². The number of carbonyl (C=O) groups excluding carboxylic acids is 1. The molecule has 1 amide bonds. The number of benzene rings is 1. The molecule has 0 aliphatic carbocycles. The summed E-state index contributed by atoms with van der Waals surface area (Å²) in [6.07, 6.45) is 0. The summed E-state index contributed by atoms with van der Waals surface area (Å²) >= 11 is 0. The second-order valence-corrected chi connectivity index (χ2v) is 4.31. The van der Waals surface area contributed by atoms with E-state index in [1.165, 1.54) is 0 Å². The molecule has 0 radical (unpaired) electrons. The minimum atomic E-state index is -0.946. The van der Waals surface area contributed by atoms with Gasteiger partial charge in [0, 0.05) is 12.6 Å². The van der Waals surface area contributed by atoms with Crippen LogP contribution in [-0.4, -0.2) is 24.0 Å². The molecule has 1 aliphatic rings. The van der Waals surface area contributed by atoms with Crippen molar-refractivity contribution < 1.29 is 9.53 Å². The Labute approximate surface area is 105 Å². The second kappa shape index (κ2) is 4.49. The zero-order valence-corrected chi connectivity index (χ0v) is 10.2. The molecule has 0 bridgehead atoms. The van der Waals surface area contributed by atoms with Crippen molar-refractivity contribution in [2.24, 2.45) is 4.99 Å². The molecule has 1 atom stereocenters. The predicted molar refractivity (Wildman–Crippen MR) is 67.3 cm³/mol. The molecule has 92 valence electrons. The van der Waals surface area contributed by atoms with Crippen LogP contribution in [0.2, 0.25) is 0 Å². The molecule has 1 unspecified atom stereocenters. The summed E-state index contributed by atoms with van der Waals surface area (Å²) in [7, 11) is 0. The third-order valence-electron chi connectivity index (χ3n) is 2.73. The fraction of sp³-hybridized carbons (Fsp3) is 0.308. The van der Waals surface area contributed by atoms with E-state index in [1.807, 2.05) is 6.07 Å². The van der Waals surface area contributed by atoms with Crippen LogP contribution in [0.4, 0.5) is 5.69 Å². The number of nitriles is 1. The van der Waals surface area contributed by atoms with E-state index in [0.29, 0.717) is 23.7 Å². The fourth-order valence-corrected chi connectivity index (χ4v) is 1.66. The molecule has 0 fully saturated rings. The molecular formula is C13H13N3O2. The molecule has 18 heavy (non-hydrogen) atoms. The van der Waals surface area contributed by atoms with Crippen LogP contribution in [0.5, 0.6) is 0 Å². The van der Waals surface area contributed by atoms with E-state index in [-0.39, 0.29) is 5.91 Å². The quantitative estimate of drug-likeness (QED) is 0.859. The average Bonchev–Trinajstić information content (AvgIpc) is 2.71. The maximum absolute atomic E-state index is 12.1. The van der Waals surface area contributed by atoms with Crippen LogP contribution in [0.15, 0.2) is 29.3 Å². The number of aliphatic imine (C=N–C) groups is 1. The predicted octanol–water partition coefficient (Wildman–Crippen LogP) is 1.70. The van der Waals surface area contributed by atoms with Crippen molar-refractivity contribution >= 4 is 17.5 Å². The Kier molecular flexibility index (Phi) is 3.02. The highest BCUT2D eigenvalue weighted by atomic mass is 16.5. The number of carbonyl (C=O) groups is 1. The van der Waals surface area contributed by atoms with Crippen LogP contribution in [0.1, 0.15) is 19.4 Å². The highest BCUT2D eigenvalue weighted by Crippen LogP contribution is 2.21. The van der Waals surface area contributed by atoms with Crippen molar-refractivity contribution in [1.82, 2.24) is 0 Å². The van der Waals surface area contributed by atoms with Crippen molar-refractivity contribution in [3.63, 3.8) is 0 Å². The van der Waals surface area contributed by atoms with Gasteiger partial charge in [-0.2, -0.15) is 5.26 Å². The smallest absolute Gasteiger partial charge is 0.270 e. The maximum atomic E-state index is 12.1. The Balaban J connectivity index is 2.05. The van der Waals surface area contributed by atoms with E-state index in [0.717, 1.165) is 0 Å². The lowest BCUT2D eigenvalue weighted by molar-refractivity contribution is -0.128. The van der Waals surface area contributed by atoms with E-state index in [2.05, 4.69) is 10.3 Å². The molecule has 1 heterocycles. The molecule has 1 aromatic carbocycles. The van der Waals surface area contributed by atoms with Crippen molar-refractivity contribution in [3.8, 4) is 6.07 Å². The lowest BCUT2D eigenvalue weighted by Gasteiger charge is -2.21. The van der Waals surface area contributed by atoms with Gasteiger partial charge in [0.2, 0.25) is 5.60 Å². The molecule has 1 aliphatic heterocycles. The van der Waals surface area contributed by atoms with E-state index >= 15 is 0 Å². The van der Waals surface area contributed by atoms with Crippen LogP contribution >= 0.6 is 0 Å². The minimum absolute atomic E-state index is 0.243. The first-order valence-electron chi connectivity index (χ1n) is 5.55. The van der Waals surface area contributed by atoms with Gasteiger partial charge in [-0.1, -0.05) is 0 Å². The Morgan fingerprint density at radius 2 is 2.17 bits per heavy atom. The van der Waals surface area contributed by atoms with Gasteiger partial charge in [0.1, 0.15) is 0 Å². The molecule has 2 rings (SSSR count). The zero-order chi connectivity index (χ0) is 13.2. The number of nitrogens with zero attached hydrogens (tertiary/aromatic N) is 2. The summed E-state index contributed by atoms with van der Waals surface area (Å²) in [6.45, 7) is 3.74. The Bertz CT molecular complexity index is 542. The highest BCUT2D eigenvalue weighted by Gasteiger charge is 2.39. The third kappa shape index (κ3) is 2.33. The van der Waals surface area contributed by atoms with Crippen molar-refractivity contribution in [3.05, 3.63) is 29.8 Å². The summed E-state index contributed by atoms with van der Waals surface area (Å²) in [5.74, 6) is 0.278. The van der Waals surface area contributed by atoms with Crippen molar-refractivity contribution in [1.29, 1.82) is 5.26 Å². The summed E-state index contributed by atoms with van der Waals surface area (Å²) in [5, 5.41) is 11.4. The molecule has 0 aromatic heterocycles. The van der Waals surface area contributed by atoms with Gasteiger partial charge in [0.15, 0.2) is 5.90 Å². The van der Waals surface area contributed by atoms with Crippen LogP contribution < -0.4 is 5.32 Å². The number of ether oxygens (including phenoxy) is 1. The summed E-state index contributed by atoms with van der Waals surface area (Å²) in [4.78, 5) is 16.1.